The second-order valence-electron chi connectivity index (χ2n) is 5.23. The summed E-state index contributed by atoms with van der Waals surface area (Å²) in [7, 11) is 0. The summed E-state index contributed by atoms with van der Waals surface area (Å²) in [4.78, 5) is 4.63. The maximum absolute atomic E-state index is 5.82. The average Bonchev–Trinajstić information content (AvgIpc) is 3.05. The van der Waals surface area contributed by atoms with Crippen LogP contribution < -0.4 is 4.74 Å². The van der Waals surface area contributed by atoms with Gasteiger partial charge in [-0.1, -0.05) is 48.5 Å². The summed E-state index contributed by atoms with van der Waals surface area (Å²) in [6.45, 7) is 0.639. The minimum Gasteiger partial charge on any atom is -0.493 e. The molecule has 1 unspecified atom stereocenters. The Morgan fingerprint density at radius 3 is 2.71 bits per heavy atom. The Morgan fingerprint density at radius 1 is 1.00 bits per heavy atom. The Balaban J connectivity index is 1.60. The van der Waals surface area contributed by atoms with Gasteiger partial charge in [0, 0.05) is 5.56 Å². The molecule has 21 heavy (non-hydrogen) atoms. The number of hydrogen-bond acceptors (Lipinski definition) is 3. The third-order valence-electron chi connectivity index (χ3n) is 3.80. The van der Waals surface area contributed by atoms with E-state index in [1.807, 2.05) is 48.5 Å². The Labute approximate surface area is 122 Å². The number of rotatable bonds is 2. The first-order chi connectivity index (χ1) is 10.4. The molecule has 0 saturated carbocycles. The maximum Gasteiger partial charge on any atom is 0.181 e. The first kappa shape index (κ1) is 12.1. The molecule has 4 nitrogen and oxygen atoms in total. The topological polar surface area (TPSA) is 50.8 Å². The number of para-hydroxylation sites is 1. The van der Waals surface area contributed by atoms with Gasteiger partial charge in [-0.05, 0) is 18.1 Å². The van der Waals surface area contributed by atoms with Gasteiger partial charge in [0.15, 0.2) is 5.82 Å². The molecule has 0 aliphatic carbocycles. The number of ether oxygens (including phenoxy) is 1. The molecule has 0 radical (unpaired) electrons. The summed E-state index contributed by atoms with van der Waals surface area (Å²) in [5.74, 6) is 2.84. The summed E-state index contributed by atoms with van der Waals surface area (Å²) in [5, 5.41) is 7.39. The van der Waals surface area contributed by atoms with Gasteiger partial charge in [0.1, 0.15) is 11.6 Å². The van der Waals surface area contributed by atoms with Crippen LogP contribution >= 0.6 is 0 Å². The van der Waals surface area contributed by atoms with Crippen LogP contribution in [0.3, 0.4) is 0 Å². The van der Waals surface area contributed by atoms with Crippen molar-refractivity contribution in [3.8, 4) is 17.1 Å². The van der Waals surface area contributed by atoms with Crippen LogP contribution in [0.5, 0.6) is 5.75 Å². The number of nitrogens with one attached hydrogen (secondary N) is 1. The fourth-order valence-electron chi connectivity index (χ4n) is 2.68. The Hall–Kier alpha value is -2.62. The zero-order chi connectivity index (χ0) is 14.1. The van der Waals surface area contributed by atoms with Crippen molar-refractivity contribution in [2.45, 2.75) is 12.3 Å². The predicted molar refractivity (Wildman–Crippen MR) is 80.2 cm³/mol. The van der Waals surface area contributed by atoms with Gasteiger partial charge < -0.3 is 4.74 Å². The lowest BCUT2D eigenvalue weighted by molar-refractivity contribution is 0.258. The molecule has 1 aromatic heterocycles. The van der Waals surface area contributed by atoms with Crippen molar-refractivity contribution < 1.29 is 4.74 Å². The lowest BCUT2D eigenvalue weighted by Gasteiger charge is -2.23. The van der Waals surface area contributed by atoms with Crippen LogP contribution in [0, 0.1) is 0 Å². The van der Waals surface area contributed by atoms with Gasteiger partial charge in [0.25, 0.3) is 0 Å². The van der Waals surface area contributed by atoms with Crippen LogP contribution in [0.1, 0.15) is 17.3 Å². The molecule has 4 heteroatoms. The highest BCUT2D eigenvalue weighted by atomic mass is 16.5. The van der Waals surface area contributed by atoms with Crippen molar-refractivity contribution in [3.05, 3.63) is 66.0 Å². The number of aromatic amines is 1. The normalized spacial score (nSPS) is 17.0. The van der Waals surface area contributed by atoms with E-state index in [-0.39, 0.29) is 5.92 Å². The second-order valence-corrected chi connectivity index (χ2v) is 5.23. The molecule has 2 heterocycles. The molecule has 0 spiro atoms. The van der Waals surface area contributed by atoms with E-state index in [1.165, 1.54) is 5.56 Å². The lowest BCUT2D eigenvalue weighted by atomic mass is 9.96. The zero-order valence-electron chi connectivity index (χ0n) is 11.5. The van der Waals surface area contributed by atoms with E-state index >= 15 is 0 Å². The molecule has 2 aromatic carbocycles. The first-order valence-electron chi connectivity index (χ1n) is 7.08. The fraction of sp³-hybridized carbons (Fsp3) is 0.176. The molecule has 1 aliphatic rings. The highest BCUT2D eigenvalue weighted by molar-refractivity contribution is 5.54. The van der Waals surface area contributed by atoms with Crippen LogP contribution in [-0.4, -0.2) is 21.8 Å². The summed E-state index contributed by atoms with van der Waals surface area (Å²) < 4.78 is 5.82. The van der Waals surface area contributed by atoms with Gasteiger partial charge in [-0.25, -0.2) is 4.98 Å². The maximum atomic E-state index is 5.82. The Morgan fingerprint density at radius 2 is 1.81 bits per heavy atom. The Bertz CT molecular complexity index is 751. The van der Waals surface area contributed by atoms with Crippen LogP contribution in [0.25, 0.3) is 11.4 Å². The smallest absolute Gasteiger partial charge is 0.181 e. The summed E-state index contributed by atoms with van der Waals surface area (Å²) in [6.07, 6.45) is 0.930. The molecular weight excluding hydrogens is 262 g/mol. The third kappa shape index (κ3) is 2.29. The molecular formula is C17H15N3O. The molecule has 1 aliphatic heterocycles. The average molecular weight is 277 g/mol. The first-order valence-corrected chi connectivity index (χ1v) is 7.08. The van der Waals surface area contributed by atoms with Crippen molar-refractivity contribution in [1.29, 1.82) is 0 Å². The zero-order valence-corrected chi connectivity index (χ0v) is 11.5. The minimum absolute atomic E-state index is 0.227. The monoisotopic (exact) mass is 277 g/mol. The van der Waals surface area contributed by atoms with Crippen molar-refractivity contribution in [1.82, 2.24) is 15.2 Å². The molecule has 1 N–H and O–H groups in total. The largest absolute Gasteiger partial charge is 0.493 e. The van der Waals surface area contributed by atoms with Crippen molar-refractivity contribution in [2.75, 3.05) is 6.61 Å². The minimum atomic E-state index is 0.227. The number of fused-ring (bicyclic) bond motifs is 1. The highest BCUT2D eigenvalue weighted by Gasteiger charge is 2.24. The van der Waals surface area contributed by atoms with Gasteiger partial charge in [-0.3, -0.25) is 5.10 Å². The number of H-pyrrole nitrogens is 1. The van der Waals surface area contributed by atoms with Crippen molar-refractivity contribution >= 4 is 0 Å². The van der Waals surface area contributed by atoms with E-state index in [9.17, 15) is 0 Å². The van der Waals surface area contributed by atoms with Crippen molar-refractivity contribution in [3.63, 3.8) is 0 Å². The number of benzene rings is 2. The van der Waals surface area contributed by atoms with E-state index in [2.05, 4.69) is 21.2 Å². The molecule has 1 atom stereocenters. The van der Waals surface area contributed by atoms with E-state index in [1.54, 1.807) is 0 Å². The molecule has 4 rings (SSSR count). The van der Waals surface area contributed by atoms with E-state index in [4.69, 9.17) is 4.74 Å². The molecule has 0 amide bonds. The second kappa shape index (κ2) is 5.05. The van der Waals surface area contributed by atoms with Gasteiger partial charge in [-0.15, -0.1) is 0 Å². The summed E-state index contributed by atoms with van der Waals surface area (Å²) in [6, 6.07) is 18.2. The molecule has 104 valence electrons. The fourth-order valence-corrected chi connectivity index (χ4v) is 2.68. The van der Waals surface area contributed by atoms with E-state index < -0.39 is 0 Å². The SMILES string of the molecule is c1ccc(-c2n[nH]c(C3COc4ccccc4C3)n2)cc1. The molecule has 0 bridgehead atoms. The standard InChI is InChI=1S/C17H15N3O/c1-2-6-12(7-3-1)16-18-17(20-19-16)14-10-13-8-4-5-9-15(13)21-11-14/h1-9,14H,10-11H2,(H,18,19,20). The van der Waals surface area contributed by atoms with Crippen LogP contribution in [0.4, 0.5) is 0 Å². The van der Waals surface area contributed by atoms with Crippen LogP contribution in [0.15, 0.2) is 54.6 Å². The number of hydrogen-bond donors (Lipinski definition) is 1. The highest BCUT2D eigenvalue weighted by Crippen LogP contribution is 2.31. The van der Waals surface area contributed by atoms with E-state index in [0.717, 1.165) is 29.4 Å². The van der Waals surface area contributed by atoms with Crippen LogP contribution in [-0.2, 0) is 6.42 Å². The summed E-state index contributed by atoms with van der Waals surface area (Å²) >= 11 is 0. The van der Waals surface area contributed by atoms with E-state index in [0.29, 0.717) is 6.61 Å². The molecule has 0 saturated heterocycles. The third-order valence-corrected chi connectivity index (χ3v) is 3.80. The Kier molecular flexibility index (Phi) is 2.92. The van der Waals surface area contributed by atoms with Crippen LogP contribution in [0.2, 0.25) is 0 Å². The van der Waals surface area contributed by atoms with Crippen molar-refractivity contribution in [2.24, 2.45) is 0 Å². The number of aromatic nitrogens is 3. The van der Waals surface area contributed by atoms with Gasteiger partial charge in [-0.2, -0.15) is 5.10 Å². The lowest BCUT2D eigenvalue weighted by Crippen LogP contribution is -2.20. The number of nitrogens with zero attached hydrogens (tertiary/aromatic N) is 2. The van der Waals surface area contributed by atoms with Gasteiger partial charge in [0.2, 0.25) is 0 Å². The van der Waals surface area contributed by atoms with Gasteiger partial charge >= 0.3 is 0 Å². The van der Waals surface area contributed by atoms with Gasteiger partial charge in [0.05, 0.1) is 12.5 Å². The quantitative estimate of drug-likeness (QED) is 0.782. The molecule has 3 aromatic rings. The predicted octanol–water partition coefficient (Wildman–Crippen LogP) is 3.19. The summed E-state index contributed by atoms with van der Waals surface area (Å²) in [5.41, 5.74) is 2.25. The molecule has 0 fully saturated rings.